The Morgan fingerprint density at radius 2 is 2.14 bits per heavy atom. The van der Waals surface area contributed by atoms with Gasteiger partial charge in [-0.15, -0.1) is 5.10 Å². The van der Waals surface area contributed by atoms with Crippen molar-refractivity contribution in [2.75, 3.05) is 12.1 Å². The summed E-state index contributed by atoms with van der Waals surface area (Å²) in [5.74, 6) is 0.764. The maximum atomic E-state index is 6.25. The molecule has 0 bridgehead atoms. The molecule has 0 radical (unpaired) electrons. The number of aromatic nitrogens is 2. The van der Waals surface area contributed by atoms with Crippen molar-refractivity contribution in [3.8, 4) is 0 Å². The molecule has 0 unspecified atom stereocenters. The second-order valence-corrected chi connectivity index (χ2v) is 8.21. The highest BCUT2D eigenvalue weighted by molar-refractivity contribution is 9.10. The van der Waals surface area contributed by atoms with E-state index in [1.165, 1.54) is 0 Å². The van der Waals surface area contributed by atoms with Crippen molar-refractivity contribution >= 4 is 61.1 Å². The number of hydrogen-bond acceptors (Lipinski definition) is 6. The zero-order chi connectivity index (χ0) is 15.7. The van der Waals surface area contributed by atoms with Crippen LogP contribution < -0.4 is 5.01 Å². The van der Waals surface area contributed by atoms with Gasteiger partial charge in [-0.2, -0.15) is 10.2 Å². The fourth-order valence-electron chi connectivity index (χ4n) is 1.88. The van der Waals surface area contributed by atoms with Crippen molar-refractivity contribution in [3.63, 3.8) is 0 Å². The van der Waals surface area contributed by atoms with E-state index in [9.17, 15) is 0 Å². The van der Waals surface area contributed by atoms with Gasteiger partial charge >= 0.3 is 0 Å². The summed E-state index contributed by atoms with van der Waals surface area (Å²) in [5.41, 5.74) is 2.96. The Balaban J connectivity index is 1.73. The van der Waals surface area contributed by atoms with E-state index in [1.807, 2.05) is 43.2 Å². The van der Waals surface area contributed by atoms with Crippen LogP contribution in [0.5, 0.6) is 0 Å². The number of hydrogen-bond donors (Lipinski definition) is 0. The van der Waals surface area contributed by atoms with Gasteiger partial charge in [0.15, 0.2) is 9.40 Å². The van der Waals surface area contributed by atoms with Gasteiger partial charge in [-0.1, -0.05) is 45.4 Å². The molecule has 1 aliphatic rings. The van der Waals surface area contributed by atoms with E-state index >= 15 is 0 Å². The molecule has 1 aromatic heterocycles. The molecule has 8 heteroatoms. The Morgan fingerprint density at radius 1 is 1.32 bits per heavy atom. The third kappa shape index (κ3) is 3.59. The predicted octanol–water partition coefficient (Wildman–Crippen LogP) is 4.95. The average Bonchev–Trinajstić information content (AvgIpc) is 2.47. The third-order valence-corrected chi connectivity index (χ3v) is 5.97. The van der Waals surface area contributed by atoms with Crippen LogP contribution in [-0.2, 0) is 5.75 Å². The Hall–Kier alpha value is -0.760. The Kier molecular flexibility index (Phi) is 4.97. The van der Waals surface area contributed by atoms with Gasteiger partial charge < -0.3 is 0 Å². The molecule has 1 aromatic carbocycles. The second kappa shape index (κ2) is 6.78. The first-order chi connectivity index (χ1) is 10.5. The Bertz CT molecular complexity index is 754. The molecule has 0 saturated heterocycles. The fourth-order valence-corrected chi connectivity index (χ4v) is 4.77. The van der Waals surface area contributed by atoms with Gasteiger partial charge in [0.25, 0.3) is 0 Å². The number of thioether (sulfide) groups is 2. The van der Waals surface area contributed by atoms with Crippen LogP contribution in [0, 0.1) is 6.92 Å². The molecule has 0 saturated carbocycles. The van der Waals surface area contributed by atoms with Crippen LogP contribution in [0.4, 0.5) is 5.69 Å². The van der Waals surface area contributed by atoms with Crippen molar-refractivity contribution in [1.82, 2.24) is 10.2 Å². The van der Waals surface area contributed by atoms with E-state index in [0.717, 1.165) is 41.6 Å². The summed E-state index contributed by atoms with van der Waals surface area (Å²) in [4.78, 5) is 0. The molecule has 1 aliphatic heterocycles. The standard InChI is InChI=1S/C14H12BrClN4S2/c1-8-5-12-13(18-17-8)22-14(19-20(12)2)21-7-9-3-4-10(15)6-11(9)16/h3-6H,7H2,1-2H3. The minimum atomic E-state index is 0.757. The van der Waals surface area contributed by atoms with Gasteiger partial charge in [0.2, 0.25) is 0 Å². The Morgan fingerprint density at radius 3 is 2.91 bits per heavy atom. The van der Waals surface area contributed by atoms with Crippen molar-refractivity contribution in [2.24, 2.45) is 5.10 Å². The quantitative estimate of drug-likeness (QED) is 0.694. The van der Waals surface area contributed by atoms with E-state index < -0.39 is 0 Å². The zero-order valence-corrected chi connectivity index (χ0v) is 15.9. The first kappa shape index (κ1) is 16.1. The molecule has 22 heavy (non-hydrogen) atoms. The first-order valence-corrected chi connectivity index (χ1v) is 9.41. The minimum absolute atomic E-state index is 0.757. The highest BCUT2D eigenvalue weighted by atomic mass is 79.9. The molecule has 4 nitrogen and oxygen atoms in total. The monoisotopic (exact) mass is 414 g/mol. The molecule has 3 rings (SSSR count). The molecular weight excluding hydrogens is 404 g/mol. The van der Waals surface area contributed by atoms with Crippen molar-refractivity contribution in [2.45, 2.75) is 17.7 Å². The second-order valence-electron chi connectivity index (χ2n) is 4.69. The third-order valence-electron chi connectivity index (χ3n) is 2.99. The molecule has 2 heterocycles. The number of aryl methyl sites for hydroxylation is 1. The summed E-state index contributed by atoms with van der Waals surface area (Å²) < 4.78 is 1.92. The number of benzene rings is 1. The molecule has 0 atom stereocenters. The molecule has 0 amide bonds. The summed E-state index contributed by atoms with van der Waals surface area (Å²) in [6, 6.07) is 7.91. The maximum Gasteiger partial charge on any atom is 0.157 e. The molecule has 0 aliphatic carbocycles. The van der Waals surface area contributed by atoms with Gasteiger partial charge in [0.1, 0.15) is 0 Å². The summed E-state index contributed by atoms with van der Waals surface area (Å²) in [7, 11) is 1.92. The summed E-state index contributed by atoms with van der Waals surface area (Å²) in [6.45, 7) is 1.93. The zero-order valence-electron chi connectivity index (χ0n) is 11.9. The highest BCUT2D eigenvalue weighted by Gasteiger charge is 2.20. The van der Waals surface area contributed by atoms with Crippen LogP contribution in [0.2, 0.25) is 5.02 Å². The number of halogens is 2. The normalized spacial score (nSPS) is 13.8. The lowest BCUT2D eigenvalue weighted by Crippen LogP contribution is -2.17. The number of anilines is 1. The van der Waals surface area contributed by atoms with E-state index in [1.54, 1.807) is 23.5 Å². The van der Waals surface area contributed by atoms with E-state index in [0.29, 0.717) is 0 Å². The average molecular weight is 416 g/mol. The summed E-state index contributed by atoms with van der Waals surface area (Å²) in [6.07, 6.45) is 0. The van der Waals surface area contributed by atoms with E-state index in [4.69, 9.17) is 11.6 Å². The number of hydrazone groups is 1. The van der Waals surface area contributed by atoms with Crippen molar-refractivity contribution < 1.29 is 0 Å². The van der Waals surface area contributed by atoms with Gasteiger partial charge in [0, 0.05) is 22.3 Å². The molecule has 114 valence electrons. The van der Waals surface area contributed by atoms with Crippen LogP contribution in [0.3, 0.4) is 0 Å². The van der Waals surface area contributed by atoms with Crippen LogP contribution in [0.1, 0.15) is 11.3 Å². The molecule has 0 N–H and O–H groups in total. The highest BCUT2D eigenvalue weighted by Crippen LogP contribution is 2.38. The lowest BCUT2D eigenvalue weighted by Gasteiger charge is -2.22. The number of nitrogens with zero attached hydrogens (tertiary/aromatic N) is 4. The topological polar surface area (TPSA) is 41.4 Å². The van der Waals surface area contributed by atoms with Crippen molar-refractivity contribution in [3.05, 3.63) is 45.0 Å². The van der Waals surface area contributed by atoms with Crippen LogP contribution in [0.15, 0.2) is 38.9 Å². The van der Waals surface area contributed by atoms with Gasteiger partial charge in [0.05, 0.1) is 11.4 Å². The number of rotatable bonds is 2. The largest absolute Gasteiger partial charge is 0.264 e. The molecule has 0 fully saturated rings. The lowest BCUT2D eigenvalue weighted by atomic mass is 10.2. The molecule has 0 spiro atoms. The van der Waals surface area contributed by atoms with Crippen molar-refractivity contribution in [1.29, 1.82) is 0 Å². The minimum Gasteiger partial charge on any atom is -0.264 e. The molecule has 2 aromatic rings. The van der Waals surface area contributed by atoms with Gasteiger partial charge in [-0.05, 0) is 42.4 Å². The Labute approximate surface area is 150 Å². The maximum absolute atomic E-state index is 6.25. The molecular formula is C14H12BrClN4S2. The first-order valence-electron chi connectivity index (χ1n) is 6.44. The van der Waals surface area contributed by atoms with Gasteiger partial charge in [-0.25, -0.2) is 0 Å². The SMILES string of the molecule is Cc1cc2c(nn1)SC(SCc1ccc(Br)cc1Cl)=NN2C. The summed E-state index contributed by atoms with van der Waals surface area (Å²) >= 11 is 12.9. The lowest BCUT2D eigenvalue weighted by molar-refractivity contribution is 0.861. The number of fused-ring (bicyclic) bond motifs is 1. The van der Waals surface area contributed by atoms with Gasteiger partial charge in [-0.3, -0.25) is 5.01 Å². The smallest absolute Gasteiger partial charge is 0.157 e. The fraction of sp³-hybridized carbons (Fsp3) is 0.214. The van der Waals surface area contributed by atoms with Crippen LogP contribution in [-0.4, -0.2) is 21.6 Å². The summed E-state index contributed by atoms with van der Waals surface area (Å²) in [5, 5.41) is 16.4. The van der Waals surface area contributed by atoms with E-state index in [-0.39, 0.29) is 0 Å². The van der Waals surface area contributed by atoms with E-state index in [2.05, 4.69) is 31.2 Å². The van der Waals surface area contributed by atoms with Crippen LogP contribution in [0.25, 0.3) is 0 Å². The van der Waals surface area contributed by atoms with Crippen LogP contribution >= 0.6 is 51.1 Å². The predicted molar refractivity (Wildman–Crippen MR) is 98.9 cm³/mol.